The van der Waals surface area contributed by atoms with Crippen LogP contribution in [-0.2, 0) is 21.8 Å². The van der Waals surface area contributed by atoms with Crippen LogP contribution in [0.15, 0.2) is 63.0 Å². The van der Waals surface area contributed by atoms with Crippen molar-refractivity contribution in [3.05, 3.63) is 69.8 Å². The Labute approximate surface area is 186 Å². The Morgan fingerprint density at radius 2 is 1.94 bits per heavy atom. The van der Waals surface area contributed by atoms with E-state index in [1.165, 1.54) is 23.4 Å². The molecule has 0 atom stereocenters. The average Bonchev–Trinajstić information content (AvgIpc) is 3.26. The van der Waals surface area contributed by atoms with Crippen LogP contribution in [0.4, 0.5) is 0 Å². The summed E-state index contributed by atoms with van der Waals surface area (Å²) in [5.41, 5.74) is 1.14. The summed E-state index contributed by atoms with van der Waals surface area (Å²) in [5, 5.41) is 5.56. The third-order valence-corrected chi connectivity index (χ3v) is 5.70. The van der Waals surface area contributed by atoms with Crippen LogP contribution >= 0.6 is 23.4 Å². The molecule has 0 fully saturated rings. The number of nitrogens with zero attached hydrogens (tertiary/aromatic N) is 4. The first kappa shape index (κ1) is 21.1. The van der Waals surface area contributed by atoms with Gasteiger partial charge in [0.2, 0.25) is 11.7 Å². The summed E-state index contributed by atoms with van der Waals surface area (Å²) in [7, 11) is 1.31. The first-order valence-corrected chi connectivity index (χ1v) is 10.7. The Bertz CT molecular complexity index is 1290. The van der Waals surface area contributed by atoms with Crippen LogP contribution in [0.5, 0.6) is 0 Å². The van der Waals surface area contributed by atoms with E-state index in [9.17, 15) is 9.59 Å². The van der Waals surface area contributed by atoms with Crippen molar-refractivity contribution in [3.8, 4) is 11.4 Å². The first-order chi connectivity index (χ1) is 15.0. The van der Waals surface area contributed by atoms with Gasteiger partial charge in [-0.25, -0.2) is 4.98 Å². The summed E-state index contributed by atoms with van der Waals surface area (Å²) in [6.07, 6.45) is 0.0608. The normalized spacial score (nSPS) is 11.0. The number of hydrogen-bond donors (Lipinski definition) is 0. The molecule has 0 aliphatic heterocycles. The summed E-state index contributed by atoms with van der Waals surface area (Å²) >= 11 is 7.20. The molecular weight excluding hydrogens is 440 g/mol. The van der Waals surface area contributed by atoms with E-state index in [1.807, 2.05) is 6.07 Å². The lowest BCUT2D eigenvalue weighted by molar-refractivity contribution is -0.140. The van der Waals surface area contributed by atoms with Crippen LogP contribution in [0.25, 0.3) is 22.3 Å². The van der Waals surface area contributed by atoms with Gasteiger partial charge in [-0.3, -0.25) is 14.2 Å². The molecule has 2 aromatic heterocycles. The Balaban J connectivity index is 1.59. The van der Waals surface area contributed by atoms with Crippen LogP contribution in [0, 0.1) is 0 Å². The van der Waals surface area contributed by atoms with E-state index in [-0.39, 0.29) is 18.5 Å². The third kappa shape index (κ3) is 4.78. The minimum absolute atomic E-state index is 0.0608. The zero-order valence-corrected chi connectivity index (χ0v) is 18.0. The summed E-state index contributed by atoms with van der Waals surface area (Å²) in [6, 6.07) is 14.2. The predicted molar refractivity (Wildman–Crippen MR) is 117 cm³/mol. The molecule has 10 heteroatoms. The van der Waals surface area contributed by atoms with E-state index in [0.29, 0.717) is 38.5 Å². The molecule has 0 bridgehead atoms. The van der Waals surface area contributed by atoms with Crippen molar-refractivity contribution in [1.29, 1.82) is 0 Å². The topological polar surface area (TPSA) is 100 Å². The summed E-state index contributed by atoms with van der Waals surface area (Å²) in [5.74, 6) is 0.739. The maximum atomic E-state index is 13.0. The van der Waals surface area contributed by atoms with E-state index < -0.39 is 5.97 Å². The van der Waals surface area contributed by atoms with Crippen LogP contribution in [-0.4, -0.2) is 32.8 Å². The zero-order chi connectivity index (χ0) is 21.8. The smallest absolute Gasteiger partial charge is 0.307 e. The molecule has 0 radical (unpaired) electrons. The van der Waals surface area contributed by atoms with Gasteiger partial charge < -0.3 is 9.26 Å². The Kier molecular flexibility index (Phi) is 6.34. The lowest BCUT2D eigenvalue weighted by Gasteiger charge is -2.12. The number of aromatic nitrogens is 4. The lowest BCUT2D eigenvalue weighted by atomic mass is 10.2. The molecule has 0 aliphatic carbocycles. The Morgan fingerprint density at radius 1 is 1.16 bits per heavy atom. The van der Waals surface area contributed by atoms with Crippen molar-refractivity contribution in [2.75, 3.05) is 7.11 Å². The number of ether oxygens (including phenoxy) is 1. The molecule has 2 aromatic carbocycles. The highest BCUT2D eigenvalue weighted by atomic mass is 35.5. The van der Waals surface area contributed by atoms with Crippen molar-refractivity contribution < 1.29 is 14.1 Å². The fourth-order valence-electron chi connectivity index (χ4n) is 2.92. The van der Waals surface area contributed by atoms with Gasteiger partial charge >= 0.3 is 5.97 Å². The highest BCUT2D eigenvalue weighted by Gasteiger charge is 2.15. The van der Waals surface area contributed by atoms with Crippen molar-refractivity contribution >= 4 is 40.2 Å². The van der Waals surface area contributed by atoms with Crippen LogP contribution < -0.4 is 5.56 Å². The maximum absolute atomic E-state index is 13.0. The van der Waals surface area contributed by atoms with Crippen LogP contribution in [0.3, 0.4) is 0 Å². The van der Waals surface area contributed by atoms with E-state index >= 15 is 0 Å². The van der Waals surface area contributed by atoms with Gasteiger partial charge in [0.1, 0.15) is 0 Å². The third-order valence-electron chi connectivity index (χ3n) is 4.49. The number of methoxy groups -OCH3 is 1. The first-order valence-electron chi connectivity index (χ1n) is 9.33. The van der Waals surface area contributed by atoms with Gasteiger partial charge in [-0.15, -0.1) is 0 Å². The van der Waals surface area contributed by atoms with Crippen molar-refractivity contribution in [2.45, 2.75) is 23.9 Å². The predicted octanol–water partition coefficient (Wildman–Crippen LogP) is 3.96. The number of para-hydroxylation sites is 1. The highest BCUT2D eigenvalue weighted by molar-refractivity contribution is 7.98. The van der Waals surface area contributed by atoms with Crippen molar-refractivity contribution in [3.63, 3.8) is 0 Å². The number of halogens is 1. The average molecular weight is 457 g/mol. The van der Waals surface area contributed by atoms with Gasteiger partial charge in [-0.1, -0.05) is 40.7 Å². The van der Waals surface area contributed by atoms with Gasteiger partial charge in [-0.2, -0.15) is 4.98 Å². The Morgan fingerprint density at radius 3 is 2.71 bits per heavy atom. The molecular formula is C21H17ClN4O4S. The fraction of sp³-hybridized carbons (Fsp3) is 0.190. The summed E-state index contributed by atoms with van der Waals surface area (Å²) < 4.78 is 11.5. The molecule has 158 valence electrons. The monoisotopic (exact) mass is 456 g/mol. The second-order valence-electron chi connectivity index (χ2n) is 6.50. The molecule has 0 spiro atoms. The molecule has 0 saturated heterocycles. The molecule has 0 aliphatic rings. The second kappa shape index (κ2) is 9.32. The molecule has 4 aromatic rings. The lowest BCUT2D eigenvalue weighted by Crippen LogP contribution is -2.24. The number of esters is 1. The number of hydrogen-bond acceptors (Lipinski definition) is 8. The van der Waals surface area contributed by atoms with E-state index in [1.54, 1.807) is 42.5 Å². The second-order valence-corrected chi connectivity index (χ2v) is 7.88. The minimum atomic E-state index is -0.402. The molecule has 31 heavy (non-hydrogen) atoms. The van der Waals surface area contributed by atoms with E-state index in [0.717, 1.165) is 5.56 Å². The number of rotatable bonds is 7. The molecule has 8 nitrogen and oxygen atoms in total. The molecule has 2 heterocycles. The van der Waals surface area contributed by atoms with Gasteiger partial charge in [0, 0.05) is 17.1 Å². The minimum Gasteiger partial charge on any atom is -0.469 e. The molecule has 4 rings (SSSR count). The number of fused-ring (bicyclic) bond motifs is 1. The zero-order valence-electron chi connectivity index (χ0n) is 16.4. The number of benzene rings is 2. The standard InChI is InChI=1S/C21H17ClN4O4S/c1-29-18(27)10-11-26-20(28)15-4-2-3-5-16(15)23-21(26)31-12-17-24-19(25-30-17)13-6-8-14(22)9-7-13/h2-9H,10-12H2,1H3. The van der Waals surface area contributed by atoms with Gasteiger partial charge in [0.25, 0.3) is 5.56 Å². The van der Waals surface area contributed by atoms with Crippen molar-refractivity contribution in [2.24, 2.45) is 0 Å². The van der Waals surface area contributed by atoms with Gasteiger partial charge in [0.05, 0.1) is 30.2 Å². The summed E-state index contributed by atoms with van der Waals surface area (Å²) in [4.78, 5) is 33.6. The van der Waals surface area contributed by atoms with E-state index in [2.05, 4.69) is 15.1 Å². The van der Waals surface area contributed by atoms with Gasteiger partial charge in [-0.05, 0) is 36.4 Å². The maximum Gasteiger partial charge on any atom is 0.307 e. The van der Waals surface area contributed by atoms with Crippen molar-refractivity contribution in [1.82, 2.24) is 19.7 Å². The summed E-state index contributed by atoms with van der Waals surface area (Å²) in [6.45, 7) is 0.158. The SMILES string of the molecule is COC(=O)CCn1c(SCc2nc(-c3ccc(Cl)cc3)no2)nc2ccccc2c1=O. The van der Waals surface area contributed by atoms with Crippen LogP contribution in [0.2, 0.25) is 5.02 Å². The number of carbonyl (C=O) groups is 1. The molecule has 0 N–H and O–H groups in total. The molecule has 0 amide bonds. The largest absolute Gasteiger partial charge is 0.469 e. The quantitative estimate of drug-likeness (QED) is 0.234. The van der Waals surface area contributed by atoms with E-state index in [4.69, 9.17) is 20.9 Å². The number of thioether (sulfide) groups is 1. The fourth-order valence-corrected chi connectivity index (χ4v) is 3.90. The molecule has 0 saturated carbocycles. The Hall–Kier alpha value is -3.17. The van der Waals surface area contributed by atoms with Crippen LogP contribution in [0.1, 0.15) is 12.3 Å². The number of carbonyl (C=O) groups excluding carboxylic acids is 1. The highest BCUT2D eigenvalue weighted by Crippen LogP contribution is 2.24. The van der Waals surface area contributed by atoms with Gasteiger partial charge in [0.15, 0.2) is 5.16 Å². The molecule has 0 unspecified atom stereocenters.